The molecule has 2 heteroatoms. The molecule has 0 aromatic carbocycles. The Morgan fingerprint density at radius 3 is 2.42 bits per heavy atom. The molecule has 1 aliphatic rings. The zero-order valence-electron chi connectivity index (χ0n) is 8.72. The van der Waals surface area contributed by atoms with Crippen molar-refractivity contribution < 1.29 is 0 Å². The van der Waals surface area contributed by atoms with Crippen LogP contribution in [0.15, 0.2) is 0 Å². The highest BCUT2D eigenvalue weighted by molar-refractivity contribution is 4.97. The van der Waals surface area contributed by atoms with Crippen LogP contribution in [-0.4, -0.2) is 26.2 Å². The third-order valence-corrected chi connectivity index (χ3v) is 3.33. The largest absolute Gasteiger partial charge is 0.317 e. The van der Waals surface area contributed by atoms with E-state index in [1.54, 1.807) is 0 Å². The minimum Gasteiger partial charge on any atom is -0.317 e. The SMILES string of the molecule is CCC(NC)C(C)C1CC1NC. The topological polar surface area (TPSA) is 24.1 Å². The molecule has 4 unspecified atom stereocenters. The summed E-state index contributed by atoms with van der Waals surface area (Å²) >= 11 is 0. The second-order valence-electron chi connectivity index (χ2n) is 3.96. The number of hydrogen-bond donors (Lipinski definition) is 2. The average Bonchev–Trinajstić information content (AvgIpc) is 2.85. The fourth-order valence-corrected chi connectivity index (χ4v) is 2.26. The molecule has 0 spiro atoms. The zero-order chi connectivity index (χ0) is 9.14. The molecular formula is C10H22N2. The van der Waals surface area contributed by atoms with Crippen LogP contribution in [0.1, 0.15) is 26.7 Å². The van der Waals surface area contributed by atoms with Crippen molar-refractivity contribution in [2.45, 2.75) is 38.8 Å². The highest BCUT2D eigenvalue weighted by Crippen LogP contribution is 2.39. The molecule has 0 heterocycles. The van der Waals surface area contributed by atoms with E-state index in [0.29, 0.717) is 6.04 Å². The molecule has 0 radical (unpaired) electrons. The maximum absolute atomic E-state index is 3.39. The summed E-state index contributed by atoms with van der Waals surface area (Å²) in [6.07, 6.45) is 2.61. The molecule has 1 fully saturated rings. The van der Waals surface area contributed by atoms with E-state index < -0.39 is 0 Å². The predicted octanol–water partition coefficient (Wildman–Crippen LogP) is 1.23. The van der Waals surface area contributed by atoms with Gasteiger partial charge in [0.1, 0.15) is 0 Å². The van der Waals surface area contributed by atoms with Gasteiger partial charge in [0.05, 0.1) is 0 Å². The van der Waals surface area contributed by atoms with E-state index in [1.807, 2.05) is 0 Å². The first-order chi connectivity index (χ1) is 5.74. The predicted molar refractivity (Wildman–Crippen MR) is 53.3 cm³/mol. The molecule has 1 aliphatic carbocycles. The monoisotopic (exact) mass is 170 g/mol. The van der Waals surface area contributed by atoms with Gasteiger partial charge in [0.15, 0.2) is 0 Å². The molecule has 4 atom stereocenters. The first-order valence-electron chi connectivity index (χ1n) is 5.09. The van der Waals surface area contributed by atoms with E-state index in [1.165, 1.54) is 12.8 Å². The third kappa shape index (κ3) is 1.99. The Bertz CT molecular complexity index is 132. The van der Waals surface area contributed by atoms with Crippen LogP contribution >= 0.6 is 0 Å². The molecule has 0 saturated heterocycles. The first kappa shape index (κ1) is 10.0. The lowest BCUT2D eigenvalue weighted by molar-refractivity contribution is 0.342. The fourth-order valence-electron chi connectivity index (χ4n) is 2.26. The number of nitrogens with one attached hydrogen (secondary N) is 2. The molecule has 0 aromatic heterocycles. The molecule has 2 nitrogen and oxygen atoms in total. The highest BCUT2D eigenvalue weighted by atomic mass is 15.0. The molecule has 0 bridgehead atoms. The summed E-state index contributed by atoms with van der Waals surface area (Å²) in [4.78, 5) is 0. The molecule has 1 rings (SSSR count). The van der Waals surface area contributed by atoms with Crippen molar-refractivity contribution in [3.63, 3.8) is 0 Å². The van der Waals surface area contributed by atoms with Gasteiger partial charge >= 0.3 is 0 Å². The molecule has 0 aliphatic heterocycles. The highest BCUT2D eigenvalue weighted by Gasteiger charge is 2.41. The summed E-state index contributed by atoms with van der Waals surface area (Å²) in [6.45, 7) is 4.63. The van der Waals surface area contributed by atoms with Crippen molar-refractivity contribution >= 4 is 0 Å². The standard InChI is InChI=1S/C10H22N2/c1-5-9(11-3)7(2)8-6-10(8)12-4/h7-12H,5-6H2,1-4H3. The number of rotatable bonds is 5. The molecule has 2 N–H and O–H groups in total. The lowest BCUT2D eigenvalue weighted by Crippen LogP contribution is -2.33. The van der Waals surface area contributed by atoms with Gasteiger partial charge in [-0.3, -0.25) is 0 Å². The second kappa shape index (κ2) is 4.24. The fraction of sp³-hybridized carbons (Fsp3) is 1.00. The van der Waals surface area contributed by atoms with Gasteiger partial charge in [-0.1, -0.05) is 13.8 Å². The Balaban J connectivity index is 2.32. The van der Waals surface area contributed by atoms with Crippen LogP contribution in [0.5, 0.6) is 0 Å². The first-order valence-corrected chi connectivity index (χ1v) is 5.09. The van der Waals surface area contributed by atoms with Gasteiger partial charge in [0.2, 0.25) is 0 Å². The maximum atomic E-state index is 3.39. The number of hydrogen-bond acceptors (Lipinski definition) is 2. The van der Waals surface area contributed by atoms with Crippen molar-refractivity contribution in [2.75, 3.05) is 14.1 Å². The van der Waals surface area contributed by atoms with Crippen LogP contribution in [0.25, 0.3) is 0 Å². The van der Waals surface area contributed by atoms with E-state index in [-0.39, 0.29) is 0 Å². The molecule has 12 heavy (non-hydrogen) atoms. The average molecular weight is 170 g/mol. The molecule has 1 saturated carbocycles. The lowest BCUT2D eigenvalue weighted by atomic mass is 9.94. The van der Waals surface area contributed by atoms with Gasteiger partial charge in [-0.15, -0.1) is 0 Å². The summed E-state index contributed by atoms with van der Waals surface area (Å²) in [5, 5.41) is 6.73. The Morgan fingerprint density at radius 2 is 2.08 bits per heavy atom. The smallest absolute Gasteiger partial charge is 0.00993 e. The van der Waals surface area contributed by atoms with Gasteiger partial charge in [0.25, 0.3) is 0 Å². The summed E-state index contributed by atoms with van der Waals surface area (Å²) in [7, 11) is 4.14. The van der Waals surface area contributed by atoms with Crippen molar-refractivity contribution in [3.05, 3.63) is 0 Å². The van der Waals surface area contributed by atoms with Gasteiger partial charge in [0, 0.05) is 12.1 Å². The summed E-state index contributed by atoms with van der Waals surface area (Å²) in [5.41, 5.74) is 0. The van der Waals surface area contributed by atoms with Crippen LogP contribution in [0, 0.1) is 11.8 Å². The third-order valence-electron chi connectivity index (χ3n) is 3.33. The van der Waals surface area contributed by atoms with E-state index in [0.717, 1.165) is 17.9 Å². The van der Waals surface area contributed by atoms with Crippen molar-refractivity contribution in [1.82, 2.24) is 10.6 Å². The molecular weight excluding hydrogens is 148 g/mol. The van der Waals surface area contributed by atoms with Gasteiger partial charge in [-0.2, -0.15) is 0 Å². The Hall–Kier alpha value is -0.0800. The summed E-state index contributed by atoms with van der Waals surface area (Å²) in [6, 6.07) is 1.50. The Labute approximate surface area is 76.1 Å². The van der Waals surface area contributed by atoms with Crippen molar-refractivity contribution in [1.29, 1.82) is 0 Å². The quantitative estimate of drug-likeness (QED) is 0.648. The van der Waals surface area contributed by atoms with Crippen LogP contribution in [0.4, 0.5) is 0 Å². The summed E-state index contributed by atoms with van der Waals surface area (Å²) in [5.74, 6) is 1.73. The van der Waals surface area contributed by atoms with Crippen LogP contribution in [0.3, 0.4) is 0 Å². The Kier molecular flexibility index (Phi) is 3.53. The minimum atomic E-state index is 0.702. The van der Waals surface area contributed by atoms with Gasteiger partial charge < -0.3 is 10.6 Å². The molecule has 72 valence electrons. The van der Waals surface area contributed by atoms with E-state index >= 15 is 0 Å². The molecule has 0 amide bonds. The van der Waals surface area contributed by atoms with Gasteiger partial charge in [-0.25, -0.2) is 0 Å². The maximum Gasteiger partial charge on any atom is 0.00993 e. The van der Waals surface area contributed by atoms with Crippen molar-refractivity contribution in [2.24, 2.45) is 11.8 Å². The minimum absolute atomic E-state index is 0.702. The van der Waals surface area contributed by atoms with E-state index in [2.05, 4.69) is 38.6 Å². The Morgan fingerprint density at radius 1 is 1.42 bits per heavy atom. The van der Waals surface area contributed by atoms with Crippen LogP contribution < -0.4 is 10.6 Å². The lowest BCUT2D eigenvalue weighted by Gasteiger charge is -2.22. The van der Waals surface area contributed by atoms with Gasteiger partial charge in [-0.05, 0) is 38.8 Å². The van der Waals surface area contributed by atoms with Crippen molar-refractivity contribution in [3.8, 4) is 0 Å². The zero-order valence-corrected chi connectivity index (χ0v) is 8.72. The van der Waals surface area contributed by atoms with Crippen LogP contribution in [-0.2, 0) is 0 Å². The second-order valence-corrected chi connectivity index (χ2v) is 3.96. The van der Waals surface area contributed by atoms with E-state index in [9.17, 15) is 0 Å². The normalized spacial score (nSPS) is 33.0. The van der Waals surface area contributed by atoms with E-state index in [4.69, 9.17) is 0 Å². The van der Waals surface area contributed by atoms with Crippen LogP contribution in [0.2, 0.25) is 0 Å². The molecule has 0 aromatic rings. The summed E-state index contributed by atoms with van der Waals surface area (Å²) < 4.78 is 0.